The summed E-state index contributed by atoms with van der Waals surface area (Å²) in [4.78, 5) is 4.00. The number of amidine groups is 1. The minimum atomic E-state index is 0.315. The van der Waals surface area contributed by atoms with Crippen molar-refractivity contribution >= 4 is 17.5 Å². The fourth-order valence-electron chi connectivity index (χ4n) is 2.33. The van der Waals surface area contributed by atoms with E-state index in [-0.39, 0.29) is 0 Å². The first-order valence-electron chi connectivity index (χ1n) is 10.2. The Morgan fingerprint density at radius 2 is 1.41 bits per heavy atom. The van der Waals surface area contributed by atoms with E-state index in [1.165, 1.54) is 38.5 Å². The lowest BCUT2D eigenvalue weighted by molar-refractivity contribution is 0.614. The number of rotatable bonds is 15. The standard InChI is InChI=1S/C11H23N3.C8H21N5/c1-10(12)8-6-4-3-5-7-9-14-11(2)13;1-11-6-4-2-3-5-7-12-8(9)13-10/h12H,3-9H2,1-2H3,(H2,13,14);11H,2-7,10H2,1H3,(H3,9,12,13). The highest BCUT2D eigenvalue weighted by molar-refractivity contribution is 5.78. The summed E-state index contributed by atoms with van der Waals surface area (Å²) in [6, 6.07) is 0. The molecule has 0 aromatic carbocycles. The topological polar surface area (TPSA) is 148 Å². The van der Waals surface area contributed by atoms with Gasteiger partial charge >= 0.3 is 0 Å². The molecule has 0 aromatic rings. The fraction of sp³-hybridized carbons (Fsp3) is 0.842. The van der Waals surface area contributed by atoms with Crippen molar-refractivity contribution in [3.8, 4) is 0 Å². The Bertz CT molecular complexity index is 362. The second kappa shape index (κ2) is 22.4. The van der Waals surface area contributed by atoms with Crippen molar-refractivity contribution in [1.29, 1.82) is 10.8 Å². The Balaban J connectivity index is 0. The number of hydrogen-bond acceptors (Lipinski definition) is 5. The molecule has 0 rings (SSSR count). The third kappa shape index (κ3) is 29.4. The first-order chi connectivity index (χ1) is 12.9. The molecule has 0 saturated heterocycles. The lowest BCUT2D eigenvalue weighted by Crippen LogP contribution is -2.37. The van der Waals surface area contributed by atoms with Gasteiger partial charge in [-0.05, 0) is 59.5 Å². The van der Waals surface area contributed by atoms with Crippen LogP contribution in [0.4, 0.5) is 0 Å². The van der Waals surface area contributed by atoms with E-state index in [0.717, 1.165) is 51.0 Å². The summed E-state index contributed by atoms with van der Waals surface area (Å²) in [6.07, 6.45) is 11.7. The van der Waals surface area contributed by atoms with Gasteiger partial charge in [0, 0.05) is 18.8 Å². The normalized spacial score (nSPS) is 10.7. The van der Waals surface area contributed by atoms with E-state index in [0.29, 0.717) is 11.8 Å². The second-order valence-electron chi connectivity index (χ2n) is 6.78. The van der Waals surface area contributed by atoms with Gasteiger partial charge < -0.3 is 21.8 Å². The third-order valence-electron chi connectivity index (χ3n) is 3.88. The molecular weight excluding hydrogens is 340 g/mol. The van der Waals surface area contributed by atoms with E-state index >= 15 is 0 Å². The molecule has 0 radical (unpaired) electrons. The highest BCUT2D eigenvalue weighted by Crippen LogP contribution is 2.05. The van der Waals surface area contributed by atoms with Crippen molar-refractivity contribution in [2.24, 2.45) is 16.6 Å². The van der Waals surface area contributed by atoms with E-state index in [4.69, 9.17) is 22.4 Å². The van der Waals surface area contributed by atoms with Crippen LogP contribution in [0.3, 0.4) is 0 Å². The van der Waals surface area contributed by atoms with Gasteiger partial charge in [-0.25, -0.2) is 5.84 Å². The van der Waals surface area contributed by atoms with E-state index in [1.54, 1.807) is 6.92 Å². The zero-order chi connectivity index (χ0) is 20.8. The molecular formula is C19H44N8. The van der Waals surface area contributed by atoms with Crippen LogP contribution in [-0.2, 0) is 0 Å². The molecule has 0 unspecified atom stereocenters. The molecule has 27 heavy (non-hydrogen) atoms. The fourth-order valence-corrected chi connectivity index (χ4v) is 2.33. The second-order valence-corrected chi connectivity index (χ2v) is 6.78. The van der Waals surface area contributed by atoms with Crippen LogP contribution in [0.5, 0.6) is 0 Å². The van der Waals surface area contributed by atoms with Crippen molar-refractivity contribution in [3.05, 3.63) is 0 Å². The zero-order valence-electron chi connectivity index (χ0n) is 17.8. The maximum atomic E-state index is 7.25. The number of nitrogens with zero attached hydrogens (tertiary/aromatic N) is 1. The molecule has 0 amide bonds. The van der Waals surface area contributed by atoms with Gasteiger partial charge in [0.1, 0.15) is 0 Å². The molecule has 0 aliphatic carbocycles. The van der Waals surface area contributed by atoms with Gasteiger partial charge in [-0.2, -0.15) is 0 Å². The molecule has 0 spiro atoms. The lowest BCUT2D eigenvalue weighted by Gasteiger charge is -2.03. The number of nitrogens with one attached hydrogen (secondary N) is 5. The summed E-state index contributed by atoms with van der Waals surface area (Å²) in [5.74, 6) is 5.91. The van der Waals surface area contributed by atoms with Gasteiger partial charge in [-0.15, -0.1) is 0 Å². The van der Waals surface area contributed by atoms with E-state index in [1.807, 2.05) is 14.0 Å². The van der Waals surface area contributed by atoms with Crippen molar-refractivity contribution in [2.45, 2.75) is 78.1 Å². The van der Waals surface area contributed by atoms with Crippen LogP contribution < -0.4 is 27.6 Å². The SMILES string of the molecule is CC(=N)CCCCCCCNC(C)=N.CNCCCCCCN=C(N)NN. The Hall–Kier alpha value is -1.67. The molecule has 0 aliphatic heterocycles. The maximum absolute atomic E-state index is 7.25. The van der Waals surface area contributed by atoms with Crippen molar-refractivity contribution in [2.75, 3.05) is 26.7 Å². The first kappa shape index (κ1) is 27.5. The van der Waals surface area contributed by atoms with E-state index < -0.39 is 0 Å². The van der Waals surface area contributed by atoms with E-state index in [2.05, 4.69) is 21.1 Å². The third-order valence-corrected chi connectivity index (χ3v) is 3.88. The largest absolute Gasteiger partial charge is 0.374 e. The van der Waals surface area contributed by atoms with Crippen molar-refractivity contribution in [1.82, 2.24) is 16.1 Å². The number of hydrazine groups is 1. The number of nitrogens with two attached hydrogens (primary N) is 2. The van der Waals surface area contributed by atoms with Gasteiger partial charge in [0.25, 0.3) is 0 Å². The zero-order valence-corrected chi connectivity index (χ0v) is 17.8. The Morgan fingerprint density at radius 3 is 1.96 bits per heavy atom. The molecule has 8 nitrogen and oxygen atoms in total. The van der Waals surface area contributed by atoms with E-state index in [9.17, 15) is 0 Å². The molecule has 0 heterocycles. The molecule has 0 aliphatic rings. The molecule has 0 saturated carbocycles. The van der Waals surface area contributed by atoms with Crippen LogP contribution in [0.1, 0.15) is 78.1 Å². The number of aliphatic imine (C=N–C) groups is 1. The van der Waals surface area contributed by atoms with Crippen LogP contribution in [0.15, 0.2) is 4.99 Å². The summed E-state index contributed by atoms with van der Waals surface area (Å²) in [5.41, 5.74) is 8.43. The van der Waals surface area contributed by atoms with Gasteiger partial charge in [0.15, 0.2) is 0 Å². The minimum Gasteiger partial charge on any atom is -0.374 e. The summed E-state index contributed by atoms with van der Waals surface area (Å²) < 4.78 is 0. The highest BCUT2D eigenvalue weighted by atomic mass is 15.3. The molecule has 0 bridgehead atoms. The number of guanidine groups is 1. The predicted octanol–water partition coefficient (Wildman–Crippen LogP) is 2.50. The summed E-state index contributed by atoms with van der Waals surface area (Å²) >= 11 is 0. The molecule has 0 atom stereocenters. The van der Waals surface area contributed by atoms with Gasteiger partial charge in [-0.3, -0.25) is 15.8 Å². The molecule has 8 heteroatoms. The number of unbranched alkanes of at least 4 members (excludes halogenated alkanes) is 7. The van der Waals surface area contributed by atoms with Crippen molar-refractivity contribution in [3.63, 3.8) is 0 Å². The van der Waals surface area contributed by atoms with Crippen LogP contribution in [0.2, 0.25) is 0 Å². The van der Waals surface area contributed by atoms with Gasteiger partial charge in [0.05, 0.1) is 5.84 Å². The molecule has 9 N–H and O–H groups in total. The molecule has 0 fully saturated rings. The molecule has 0 aromatic heterocycles. The monoisotopic (exact) mass is 384 g/mol. The van der Waals surface area contributed by atoms with Crippen LogP contribution in [0, 0.1) is 10.8 Å². The minimum absolute atomic E-state index is 0.315. The molecule has 160 valence electrons. The Labute approximate surface area is 166 Å². The van der Waals surface area contributed by atoms with Crippen LogP contribution in [0.25, 0.3) is 0 Å². The lowest BCUT2D eigenvalue weighted by atomic mass is 10.1. The number of hydrogen-bond donors (Lipinski definition) is 7. The summed E-state index contributed by atoms with van der Waals surface area (Å²) in [7, 11) is 1.97. The van der Waals surface area contributed by atoms with Gasteiger partial charge in [0.2, 0.25) is 5.96 Å². The maximum Gasteiger partial charge on any atom is 0.203 e. The van der Waals surface area contributed by atoms with Gasteiger partial charge in [-0.1, -0.05) is 32.1 Å². The predicted molar refractivity (Wildman–Crippen MR) is 119 cm³/mol. The average molecular weight is 385 g/mol. The summed E-state index contributed by atoms with van der Waals surface area (Å²) in [6.45, 7) is 6.42. The van der Waals surface area contributed by atoms with Crippen LogP contribution in [-0.4, -0.2) is 44.2 Å². The highest BCUT2D eigenvalue weighted by Gasteiger charge is 1.93. The summed E-state index contributed by atoms with van der Waals surface area (Å²) in [5, 5.41) is 20.5. The Morgan fingerprint density at radius 1 is 0.852 bits per heavy atom. The Kier molecular flexibility index (Phi) is 22.8. The first-order valence-corrected chi connectivity index (χ1v) is 10.2. The smallest absolute Gasteiger partial charge is 0.203 e. The quantitative estimate of drug-likeness (QED) is 0.0761. The van der Waals surface area contributed by atoms with Crippen molar-refractivity contribution < 1.29 is 0 Å². The average Bonchev–Trinajstić information content (AvgIpc) is 2.63. The van der Waals surface area contributed by atoms with Crippen LogP contribution >= 0.6 is 0 Å².